The number of ether oxygens (including phenoxy) is 3. The van der Waals surface area contributed by atoms with E-state index >= 15 is 0 Å². The molecule has 0 aromatic rings. The third kappa shape index (κ3) is 48.8. The Labute approximate surface area is 374 Å². The van der Waals surface area contributed by atoms with Crippen molar-refractivity contribution in [2.45, 2.75) is 284 Å². The Balaban J connectivity index is 4.08. The molecule has 0 radical (unpaired) electrons. The summed E-state index contributed by atoms with van der Waals surface area (Å²) in [6.45, 7) is 7.79. The van der Waals surface area contributed by atoms with E-state index in [1.165, 1.54) is 199 Å². The fourth-order valence-electron chi connectivity index (χ4n) is 7.65. The minimum atomic E-state index is -0.533. The van der Waals surface area contributed by atoms with E-state index < -0.39 is 6.10 Å². The summed E-state index contributed by atoms with van der Waals surface area (Å²) in [5, 5.41) is 0. The first-order valence-corrected chi connectivity index (χ1v) is 26.5. The molecule has 0 rings (SSSR count). The second-order valence-corrected chi connectivity index (χ2v) is 17.8. The Morgan fingerprint density at radius 1 is 0.367 bits per heavy atom. The lowest BCUT2D eigenvalue weighted by Crippen LogP contribution is -2.30. The van der Waals surface area contributed by atoms with Gasteiger partial charge in [-0.3, -0.25) is 9.59 Å². The van der Waals surface area contributed by atoms with Crippen LogP contribution in [0, 0.1) is 0 Å². The van der Waals surface area contributed by atoms with Gasteiger partial charge < -0.3 is 14.2 Å². The Morgan fingerprint density at radius 2 is 0.700 bits per heavy atom. The fourth-order valence-corrected chi connectivity index (χ4v) is 7.65. The molecular weight excluding hydrogens is 741 g/mol. The van der Waals surface area contributed by atoms with Gasteiger partial charge in [-0.05, 0) is 77.0 Å². The number of rotatable bonds is 49. The molecule has 0 aliphatic heterocycles. The van der Waals surface area contributed by atoms with E-state index in [0.717, 1.165) is 44.9 Å². The topological polar surface area (TPSA) is 61.8 Å². The maximum absolute atomic E-state index is 12.7. The van der Waals surface area contributed by atoms with Gasteiger partial charge in [0.25, 0.3) is 0 Å². The SMILES string of the molecule is CCCCC/C=C\C/C=C\CCCCCCCCCCCC(=O)OCC(COCCCCCCCCCC/C=C\CCCCCCCC)OC(=O)CCCCCCCCC. The van der Waals surface area contributed by atoms with E-state index in [1.54, 1.807) is 0 Å². The highest BCUT2D eigenvalue weighted by atomic mass is 16.6. The van der Waals surface area contributed by atoms with Gasteiger partial charge in [0, 0.05) is 19.4 Å². The molecule has 0 aliphatic rings. The van der Waals surface area contributed by atoms with Crippen molar-refractivity contribution in [3.63, 3.8) is 0 Å². The summed E-state index contributed by atoms with van der Waals surface area (Å²) in [7, 11) is 0. The smallest absolute Gasteiger partial charge is 0.306 e. The van der Waals surface area contributed by atoms with Crippen LogP contribution in [0.25, 0.3) is 0 Å². The van der Waals surface area contributed by atoms with E-state index in [-0.39, 0.29) is 25.2 Å². The number of esters is 2. The Kier molecular flexibility index (Phi) is 49.9. The Morgan fingerprint density at radius 3 is 1.15 bits per heavy atom. The third-order valence-corrected chi connectivity index (χ3v) is 11.6. The second kappa shape index (κ2) is 51.5. The van der Waals surface area contributed by atoms with Crippen molar-refractivity contribution < 1.29 is 23.8 Å². The quantitative estimate of drug-likeness (QED) is 0.0347. The molecule has 5 nitrogen and oxygen atoms in total. The zero-order chi connectivity index (χ0) is 43.5. The van der Waals surface area contributed by atoms with Crippen LogP contribution in [0.5, 0.6) is 0 Å². The number of hydrogen-bond donors (Lipinski definition) is 0. The summed E-state index contributed by atoms with van der Waals surface area (Å²) in [6.07, 6.45) is 61.7. The molecule has 0 aromatic heterocycles. The first-order chi connectivity index (χ1) is 29.6. The first kappa shape index (κ1) is 58.1. The molecule has 0 aliphatic carbocycles. The molecule has 0 amide bonds. The monoisotopic (exact) mass is 843 g/mol. The van der Waals surface area contributed by atoms with Gasteiger partial charge in [-0.1, -0.05) is 224 Å². The second-order valence-electron chi connectivity index (χ2n) is 17.8. The van der Waals surface area contributed by atoms with Gasteiger partial charge in [0.1, 0.15) is 6.61 Å². The predicted molar refractivity (Wildman–Crippen MR) is 261 cm³/mol. The van der Waals surface area contributed by atoms with Crippen molar-refractivity contribution in [1.82, 2.24) is 0 Å². The highest BCUT2D eigenvalue weighted by Gasteiger charge is 2.17. The molecule has 0 saturated carbocycles. The van der Waals surface area contributed by atoms with Crippen LogP contribution < -0.4 is 0 Å². The van der Waals surface area contributed by atoms with Gasteiger partial charge in [0.15, 0.2) is 6.10 Å². The van der Waals surface area contributed by atoms with Crippen molar-refractivity contribution in [3.8, 4) is 0 Å². The molecule has 352 valence electrons. The zero-order valence-corrected chi connectivity index (χ0v) is 40.5. The third-order valence-electron chi connectivity index (χ3n) is 11.6. The molecule has 0 fully saturated rings. The molecule has 0 heterocycles. The summed E-state index contributed by atoms with van der Waals surface area (Å²) >= 11 is 0. The zero-order valence-electron chi connectivity index (χ0n) is 40.5. The van der Waals surface area contributed by atoms with Crippen LogP contribution in [-0.4, -0.2) is 37.9 Å². The van der Waals surface area contributed by atoms with Crippen molar-refractivity contribution in [2.24, 2.45) is 0 Å². The molecule has 0 spiro atoms. The van der Waals surface area contributed by atoms with Crippen molar-refractivity contribution >= 4 is 11.9 Å². The van der Waals surface area contributed by atoms with Crippen molar-refractivity contribution in [1.29, 1.82) is 0 Å². The summed E-state index contributed by atoms with van der Waals surface area (Å²) in [6, 6.07) is 0. The van der Waals surface area contributed by atoms with Crippen molar-refractivity contribution in [2.75, 3.05) is 19.8 Å². The normalized spacial score (nSPS) is 12.4. The van der Waals surface area contributed by atoms with Crippen LogP contribution in [0.3, 0.4) is 0 Å². The Bertz CT molecular complexity index is 955. The highest BCUT2D eigenvalue weighted by molar-refractivity contribution is 5.70. The molecule has 0 N–H and O–H groups in total. The van der Waals surface area contributed by atoms with Gasteiger partial charge in [-0.25, -0.2) is 0 Å². The van der Waals surface area contributed by atoms with Crippen LogP contribution in [0.2, 0.25) is 0 Å². The van der Waals surface area contributed by atoms with Crippen LogP contribution in [0.4, 0.5) is 0 Å². The summed E-state index contributed by atoms with van der Waals surface area (Å²) in [4.78, 5) is 25.3. The van der Waals surface area contributed by atoms with E-state index in [1.807, 2.05) is 0 Å². The van der Waals surface area contributed by atoms with Crippen molar-refractivity contribution in [3.05, 3.63) is 36.5 Å². The van der Waals surface area contributed by atoms with E-state index in [0.29, 0.717) is 19.4 Å². The lowest BCUT2D eigenvalue weighted by Gasteiger charge is -2.18. The largest absolute Gasteiger partial charge is 0.462 e. The Hall–Kier alpha value is -1.88. The van der Waals surface area contributed by atoms with Crippen LogP contribution in [0.15, 0.2) is 36.5 Å². The fraction of sp³-hybridized carbons (Fsp3) is 0.855. The van der Waals surface area contributed by atoms with Gasteiger partial charge in [-0.2, -0.15) is 0 Å². The molecule has 60 heavy (non-hydrogen) atoms. The molecule has 5 heteroatoms. The minimum Gasteiger partial charge on any atom is -0.462 e. The number of unbranched alkanes of at least 4 members (excludes halogenated alkanes) is 32. The minimum absolute atomic E-state index is 0.0858. The molecule has 0 bridgehead atoms. The molecule has 1 unspecified atom stereocenters. The lowest BCUT2D eigenvalue weighted by molar-refractivity contribution is -0.163. The highest BCUT2D eigenvalue weighted by Crippen LogP contribution is 2.15. The summed E-state index contributed by atoms with van der Waals surface area (Å²) in [5.74, 6) is -0.397. The number of hydrogen-bond acceptors (Lipinski definition) is 5. The maximum atomic E-state index is 12.7. The van der Waals surface area contributed by atoms with E-state index in [9.17, 15) is 9.59 Å². The molecule has 0 saturated heterocycles. The summed E-state index contributed by atoms with van der Waals surface area (Å²) in [5.41, 5.74) is 0. The lowest BCUT2D eigenvalue weighted by atomic mass is 10.1. The van der Waals surface area contributed by atoms with Gasteiger partial charge in [0.2, 0.25) is 0 Å². The summed E-state index contributed by atoms with van der Waals surface area (Å²) < 4.78 is 17.4. The number of allylic oxidation sites excluding steroid dienone is 6. The van der Waals surface area contributed by atoms with Gasteiger partial charge >= 0.3 is 11.9 Å². The van der Waals surface area contributed by atoms with Crippen LogP contribution in [-0.2, 0) is 23.8 Å². The predicted octanol–water partition coefficient (Wildman–Crippen LogP) is 17.8. The molecular formula is C55H102O5. The average Bonchev–Trinajstić information content (AvgIpc) is 3.25. The molecule has 1 atom stereocenters. The standard InChI is InChI=1S/C55H102O5/c1-4-7-10-13-16-18-20-22-24-26-28-29-31-33-35-37-40-42-45-48-54(56)59-52-53(60-55(57)49-46-43-39-15-12-9-6-3)51-58-50-47-44-41-38-36-34-32-30-27-25-23-21-19-17-14-11-8-5-2/h16,18,22-25,53H,4-15,17,19-21,26-52H2,1-3H3/b18-16-,24-22-,25-23-. The van der Waals surface area contributed by atoms with Gasteiger partial charge in [-0.15, -0.1) is 0 Å². The van der Waals surface area contributed by atoms with Crippen LogP contribution in [0.1, 0.15) is 278 Å². The average molecular weight is 843 g/mol. The number of carbonyl (C=O) groups excluding carboxylic acids is 2. The first-order valence-electron chi connectivity index (χ1n) is 26.5. The van der Waals surface area contributed by atoms with Gasteiger partial charge in [0.05, 0.1) is 6.61 Å². The number of carbonyl (C=O) groups is 2. The van der Waals surface area contributed by atoms with E-state index in [2.05, 4.69) is 57.2 Å². The maximum Gasteiger partial charge on any atom is 0.306 e. The van der Waals surface area contributed by atoms with E-state index in [4.69, 9.17) is 14.2 Å². The van der Waals surface area contributed by atoms with Crippen LogP contribution >= 0.6 is 0 Å². The molecule has 0 aromatic carbocycles.